The first kappa shape index (κ1) is 15.2. The van der Waals surface area contributed by atoms with Crippen molar-refractivity contribution in [2.45, 2.75) is 26.2 Å². The number of carbonyl (C=O) groups excluding carboxylic acids is 1. The van der Waals surface area contributed by atoms with Crippen LogP contribution in [0.25, 0.3) is 22.8 Å². The van der Waals surface area contributed by atoms with E-state index in [0.717, 1.165) is 17.4 Å². The summed E-state index contributed by atoms with van der Waals surface area (Å²) in [6.07, 6.45) is 0.808. The highest BCUT2D eigenvalue weighted by molar-refractivity contribution is 5.76. The molecule has 0 atom stereocenters. The lowest BCUT2D eigenvalue weighted by molar-refractivity contribution is 0.112. The summed E-state index contributed by atoms with van der Waals surface area (Å²) in [4.78, 5) is 15.1. The van der Waals surface area contributed by atoms with E-state index in [4.69, 9.17) is 4.52 Å². The van der Waals surface area contributed by atoms with Gasteiger partial charge in [0.1, 0.15) is 6.29 Å². The highest BCUT2D eigenvalue weighted by atomic mass is 16.5. The Morgan fingerprint density at radius 3 is 2.09 bits per heavy atom. The molecular formula is C19H18N2O2. The van der Waals surface area contributed by atoms with Crippen molar-refractivity contribution in [3.8, 4) is 22.8 Å². The second-order valence-electron chi connectivity index (χ2n) is 6.49. The van der Waals surface area contributed by atoms with Crippen LogP contribution in [0.5, 0.6) is 0 Å². The van der Waals surface area contributed by atoms with Crippen molar-refractivity contribution in [2.24, 2.45) is 0 Å². The molecule has 0 aliphatic rings. The molecule has 1 heterocycles. The molecule has 0 bridgehead atoms. The van der Waals surface area contributed by atoms with Crippen LogP contribution in [0.1, 0.15) is 36.7 Å². The highest BCUT2D eigenvalue weighted by Gasteiger charge is 2.15. The van der Waals surface area contributed by atoms with Crippen molar-refractivity contribution in [3.63, 3.8) is 0 Å². The van der Waals surface area contributed by atoms with E-state index in [2.05, 4.69) is 43.0 Å². The van der Waals surface area contributed by atoms with Crippen LogP contribution < -0.4 is 0 Å². The van der Waals surface area contributed by atoms with Crippen LogP contribution in [0.4, 0.5) is 0 Å². The number of benzene rings is 2. The van der Waals surface area contributed by atoms with Crippen molar-refractivity contribution >= 4 is 6.29 Å². The van der Waals surface area contributed by atoms with Gasteiger partial charge in [-0.25, -0.2) is 0 Å². The zero-order valence-electron chi connectivity index (χ0n) is 13.4. The number of rotatable bonds is 3. The summed E-state index contributed by atoms with van der Waals surface area (Å²) >= 11 is 0. The van der Waals surface area contributed by atoms with Crippen LogP contribution in [-0.4, -0.2) is 16.4 Å². The first-order chi connectivity index (χ1) is 11.0. The molecule has 0 aliphatic carbocycles. The quantitative estimate of drug-likeness (QED) is 0.668. The zero-order chi connectivity index (χ0) is 16.4. The molecule has 2 aromatic carbocycles. The number of nitrogens with zero attached hydrogens (tertiary/aromatic N) is 2. The third-order valence-corrected chi connectivity index (χ3v) is 3.73. The van der Waals surface area contributed by atoms with Gasteiger partial charge < -0.3 is 4.52 Å². The average Bonchev–Trinajstić information content (AvgIpc) is 3.04. The standard InChI is InChI=1S/C19H18N2O2/c1-19(2,3)16-10-8-15(9-11-16)18-20-17(21-23-18)14-6-4-13(12-22)5-7-14/h4-12H,1-3H3. The Balaban J connectivity index is 1.87. The predicted octanol–water partition coefficient (Wildman–Crippen LogP) is 4.51. The van der Waals surface area contributed by atoms with Crippen molar-refractivity contribution < 1.29 is 9.32 Å². The normalized spacial score (nSPS) is 11.4. The van der Waals surface area contributed by atoms with Gasteiger partial charge in [0, 0.05) is 16.7 Å². The predicted molar refractivity (Wildman–Crippen MR) is 89.3 cm³/mol. The maximum Gasteiger partial charge on any atom is 0.258 e. The number of aromatic nitrogens is 2. The summed E-state index contributed by atoms with van der Waals surface area (Å²) in [6.45, 7) is 6.53. The highest BCUT2D eigenvalue weighted by Crippen LogP contribution is 2.26. The summed E-state index contributed by atoms with van der Waals surface area (Å²) in [5, 5.41) is 4.02. The molecule has 4 nitrogen and oxygen atoms in total. The SMILES string of the molecule is CC(C)(C)c1ccc(-c2nc(-c3ccc(C=O)cc3)no2)cc1. The fourth-order valence-electron chi connectivity index (χ4n) is 2.28. The average molecular weight is 306 g/mol. The van der Waals surface area contributed by atoms with Gasteiger partial charge >= 0.3 is 0 Å². The van der Waals surface area contributed by atoms with E-state index in [-0.39, 0.29) is 5.41 Å². The van der Waals surface area contributed by atoms with Gasteiger partial charge in [-0.1, -0.05) is 62.3 Å². The molecule has 0 fully saturated rings. The Bertz CT molecular complexity index is 810. The lowest BCUT2D eigenvalue weighted by atomic mass is 9.87. The molecule has 0 spiro atoms. The lowest BCUT2D eigenvalue weighted by Crippen LogP contribution is -2.10. The van der Waals surface area contributed by atoms with Crippen molar-refractivity contribution in [1.82, 2.24) is 10.1 Å². The number of aldehydes is 1. The van der Waals surface area contributed by atoms with E-state index < -0.39 is 0 Å². The maximum absolute atomic E-state index is 10.7. The molecule has 0 saturated carbocycles. The second kappa shape index (κ2) is 5.80. The van der Waals surface area contributed by atoms with E-state index >= 15 is 0 Å². The van der Waals surface area contributed by atoms with Crippen LogP contribution >= 0.6 is 0 Å². The van der Waals surface area contributed by atoms with Crippen LogP contribution in [0.2, 0.25) is 0 Å². The van der Waals surface area contributed by atoms with Gasteiger partial charge in [0.2, 0.25) is 5.82 Å². The zero-order valence-corrected chi connectivity index (χ0v) is 13.4. The molecule has 0 amide bonds. The Hall–Kier alpha value is -2.75. The van der Waals surface area contributed by atoms with Gasteiger partial charge in [-0.3, -0.25) is 4.79 Å². The lowest BCUT2D eigenvalue weighted by Gasteiger charge is -2.18. The molecule has 3 rings (SSSR count). The van der Waals surface area contributed by atoms with Gasteiger partial charge in [0.25, 0.3) is 5.89 Å². The van der Waals surface area contributed by atoms with Gasteiger partial charge in [0.05, 0.1) is 0 Å². The van der Waals surface area contributed by atoms with Crippen LogP contribution in [0, 0.1) is 0 Å². The molecule has 3 aromatic rings. The fourth-order valence-corrected chi connectivity index (χ4v) is 2.28. The van der Waals surface area contributed by atoms with Crippen LogP contribution in [0.3, 0.4) is 0 Å². The molecule has 0 aliphatic heterocycles. The van der Waals surface area contributed by atoms with Crippen LogP contribution in [-0.2, 0) is 5.41 Å². The van der Waals surface area contributed by atoms with E-state index in [1.54, 1.807) is 24.3 Å². The van der Waals surface area contributed by atoms with E-state index in [1.807, 2.05) is 12.1 Å². The first-order valence-electron chi connectivity index (χ1n) is 7.47. The largest absolute Gasteiger partial charge is 0.334 e. The Morgan fingerprint density at radius 2 is 1.52 bits per heavy atom. The molecule has 0 unspecified atom stereocenters. The van der Waals surface area contributed by atoms with Crippen molar-refractivity contribution in [2.75, 3.05) is 0 Å². The number of hydrogen-bond donors (Lipinski definition) is 0. The number of carbonyl (C=O) groups is 1. The summed E-state index contributed by atoms with van der Waals surface area (Å²) in [6, 6.07) is 15.2. The van der Waals surface area contributed by atoms with E-state index in [0.29, 0.717) is 17.3 Å². The molecule has 0 N–H and O–H groups in total. The third-order valence-electron chi connectivity index (χ3n) is 3.73. The van der Waals surface area contributed by atoms with Gasteiger partial charge in [-0.2, -0.15) is 4.98 Å². The Kier molecular flexibility index (Phi) is 3.82. The molecule has 0 saturated heterocycles. The fraction of sp³-hybridized carbons (Fsp3) is 0.211. The van der Waals surface area contributed by atoms with Gasteiger partial charge in [-0.15, -0.1) is 0 Å². The van der Waals surface area contributed by atoms with E-state index in [9.17, 15) is 4.79 Å². The Morgan fingerprint density at radius 1 is 0.913 bits per heavy atom. The van der Waals surface area contributed by atoms with Gasteiger partial charge in [0.15, 0.2) is 0 Å². The molecule has 116 valence electrons. The monoisotopic (exact) mass is 306 g/mol. The van der Waals surface area contributed by atoms with Crippen molar-refractivity contribution in [3.05, 3.63) is 59.7 Å². The minimum Gasteiger partial charge on any atom is -0.334 e. The molecule has 4 heteroatoms. The van der Waals surface area contributed by atoms with Gasteiger partial charge in [-0.05, 0) is 23.1 Å². The summed E-state index contributed by atoms with van der Waals surface area (Å²) in [5.74, 6) is 0.997. The molecule has 1 aromatic heterocycles. The summed E-state index contributed by atoms with van der Waals surface area (Å²) < 4.78 is 5.36. The van der Waals surface area contributed by atoms with Crippen molar-refractivity contribution in [1.29, 1.82) is 0 Å². The second-order valence-corrected chi connectivity index (χ2v) is 6.49. The Labute approximate surface area is 135 Å². The molecule has 0 radical (unpaired) electrons. The number of hydrogen-bond acceptors (Lipinski definition) is 4. The minimum absolute atomic E-state index is 0.110. The third kappa shape index (κ3) is 3.21. The molecular weight excluding hydrogens is 288 g/mol. The molecule has 23 heavy (non-hydrogen) atoms. The maximum atomic E-state index is 10.7. The smallest absolute Gasteiger partial charge is 0.258 e. The minimum atomic E-state index is 0.110. The van der Waals surface area contributed by atoms with E-state index in [1.165, 1.54) is 5.56 Å². The first-order valence-corrected chi connectivity index (χ1v) is 7.47. The topological polar surface area (TPSA) is 56.0 Å². The van der Waals surface area contributed by atoms with Crippen LogP contribution in [0.15, 0.2) is 53.1 Å². The summed E-state index contributed by atoms with van der Waals surface area (Å²) in [7, 11) is 0. The summed E-state index contributed by atoms with van der Waals surface area (Å²) in [5.41, 5.74) is 3.69.